The standard InChI is InChI=1S/C100H105BN2/c1-94(2,3)73-47-48-79(84(63-73)100(19,20)21)72-57-89-91-90(58-72)103(93-82(66-39-30-24-31-40-66)61-78(99(16,17)18)62-83(93)67-41-32-25-33-42-67)88-50-46-69(71-53-76(97(10,11)12)60-77(54-71)98(13,14)15)56-86(88)101(91)85-55-68(70-51-74(95(4,5)6)59-75(52-70)96(7,8)9)45-49-87(85)102(89)92-80(64-35-26-22-27-36-64)43-34-44-81(92)65-37-28-23-29-38-65/h22-63H,1-21H3/i34D. The lowest BCUT2D eigenvalue weighted by atomic mass is 9.33. The Bertz CT molecular complexity index is 5100. The first-order valence-electron chi connectivity index (χ1n) is 38.0. The molecule has 0 fully saturated rings. The van der Waals surface area contributed by atoms with Crippen LogP contribution < -0.4 is 26.2 Å². The zero-order valence-electron chi connectivity index (χ0n) is 66.1. The van der Waals surface area contributed by atoms with E-state index in [9.17, 15) is 1.37 Å². The molecule has 0 N–H and O–H groups in total. The van der Waals surface area contributed by atoms with Crippen LogP contribution in [-0.4, -0.2) is 6.71 Å². The Balaban J connectivity index is 1.24. The molecule has 0 aromatic heterocycles. The molecule has 0 spiro atoms. The quantitative estimate of drug-likeness (QED) is 0.133. The van der Waals surface area contributed by atoms with E-state index >= 15 is 0 Å². The van der Waals surface area contributed by atoms with Gasteiger partial charge in [0.1, 0.15) is 0 Å². The molecule has 0 bridgehead atoms. The lowest BCUT2D eigenvalue weighted by Gasteiger charge is -2.46. The summed E-state index contributed by atoms with van der Waals surface area (Å²) < 4.78 is 9.91. The summed E-state index contributed by atoms with van der Waals surface area (Å²) in [6.45, 7) is 49.2. The smallest absolute Gasteiger partial charge is 0.252 e. The van der Waals surface area contributed by atoms with Gasteiger partial charge in [-0.3, -0.25) is 0 Å². The molecule has 0 aliphatic carbocycles. The molecule has 0 atom stereocenters. The summed E-state index contributed by atoms with van der Waals surface area (Å²) in [6.07, 6.45) is 0. The van der Waals surface area contributed by atoms with Crippen molar-refractivity contribution in [1.29, 1.82) is 0 Å². The maximum Gasteiger partial charge on any atom is 0.252 e. The van der Waals surface area contributed by atoms with E-state index < -0.39 is 0 Å². The van der Waals surface area contributed by atoms with Gasteiger partial charge >= 0.3 is 0 Å². The SMILES string of the molecule is [2H]c1cc(-c2ccccc2)c(N2c3ccc(-c4cc(C(C)(C)C)cc(C(C)(C)C)c4)cc3B3c4cc(-c5cc(C(C)(C)C)cc(C(C)(C)C)c5)ccc4N(c4c(-c5ccccc5)cc(C(C)(C)C)cc4-c4ccccc4)c4cc(-c5ccc(C(C)(C)C)cc5C(C)(C)C)cc2c43)c(-c2ccccc2)c1. The summed E-state index contributed by atoms with van der Waals surface area (Å²) >= 11 is 0. The van der Waals surface area contributed by atoms with E-state index in [1.807, 2.05) is 0 Å². The minimum atomic E-state index is -0.303. The first kappa shape index (κ1) is 69.0. The Morgan fingerprint density at radius 2 is 0.563 bits per heavy atom. The van der Waals surface area contributed by atoms with Crippen LogP contribution in [-0.2, 0) is 37.9 Å². The number of nitrogens with zero attached hydrogens (tertiary/aromatic N) is 2. The van der Waals surface area contributed by atoms with E-state index in [4.69, 9.17) is 0 Å². The lowest BCUT2D eigenvalue weighted by molar-refractivity contribution is 0.568. The molecule has 3 heteroatoms. The average Bonchev–Trinajstić information content (AvgIpc) is 0.685. The van der Waals surface area contributed by atoms with Crippen LogP contribution in [0, 0.1) is 0 Å². The van der Waals surface area contributed by atoms with Gasteiger partial charge in [-0.2, -0.15) is 0 Å². The molecule has 0 saturated carbocycles. The predicted molar refractivity (Wildman–Crippen MR) is 449 cm³/mol. The molecular formula is C100H105BN2. The van der Waals surface area contributed by atoms with Gasteiger partial charge in [0.2, 0.25) is 0 Å². The van der Waals surface area contributed by atoms with Crippen LogP contribution in [0.15, 0.2) is 255 Å². The van der Waals surface area contributed by atoms with Gasteiger partial charge < -0.3 is 9.80 Å². The number of benzene rings is 12. The summed E-state index contributed by atoms with van der Waals surface area (Å²) in [4.78, 5) is 5.38. The highest BCUT2D eigenvalue weighted by atomic mass is 15.2. The minimum Gasteiger partial charge on any atom is -0.310 e. The zero-order chi connectivity index (χ0) is 74.1. The summed E-state index contributed by atoms with van der Waals surface area (Å²) in [5.41, 5.74) is 34.2. The molecule has 0 saturated heterocycles. The molecule has 14 rings (SSSR count). The van der Waals surface area contributed by atoms with Crippen molar-refractivity contribution in [1.82, 2.24) is 0 Å². The highest BCUT2D eigenvalue weighted by molar-refractivity contribution is 7.00. The van der Waals surface area contributed by atoms with Crippen LogP contribution in [0.5, 0.6) is 0 Å². The van der Waals surface area contributed by atoms with Crippen LogP contribution in [0.3, 0.4) is 0 Å². The monoisotopic (exact) mass is 1350 g/mol. The topological polar surface area (TPSA) is 6.48 Å². The van der Waals surface area contributed by atoms with Crippen molar-refractivity contribution in [3.8, 4) is 77.9 Å². The van der Waals surface area contributed by atoms with Gasteiger partial charge in [0.05, 0.1) is 12.7 Å². The fourth-order valence-corrected chi connectivity index (χ4v) is 15.6. The Hall–Kier alpha value is -9.70. The van der Waals surface area contributed by atoms with Crippen molar-refractivity contribution in [2.75, 3.05) is 9.80 Å². The Morgan fingerprint density at radius 1 is 0.233 bits per heavy atom. The lowest BCUT2D eigenvalue weighted by Crippen LogP contribution is -2.61. The zero-order valence-corrected chi connectivity index (χ0v) is 65.1. The predicted octanol–water partition coefficient (Wildman–Crippen LogP) is 26.5. The van der Waals surface area contributed by atoms with E-state index in [-0.39, 0.29) is 44.6 Å². The highest BCUT2D eigenvalue weighted by Gasteiger charge is 2.46. The number of rotatable bonds is 9. The Kier molecular flexibility index (Phi) is 17.2. The fourth-order valence-electron chi connectivity index (χ4n) is 15.6. The van der Waals surface area contributed by atoms with Gasteiger partial charge in [-0.15, -0.1) is 0 Å². The van der Waals surface area contributed by atoms with Crippen molar-refractivity contribution in [3.05, 3.63) is 294 Å². The number of para-hydroxylation sites is 1. The Labute approximate surface area is 619 Å². The molecule has 2 heterocycles. The number of hydrogen-bond donors (Lipinski definition) is 0. The molecular weight excluding hydrogens is 1240 g/mol. The molecule has 2 nitrogen and oxygen atoms in total. The minimum absolute atomic E-state index is 0.0936. The molecule has 2 aliphatic rings. The van der Waals surface area contributed by atoms with Gasteiger partial charge in [0.15, 0.2) is 0 Å². The van der Waals surface area contributed by atoms with E-state index in [1.54, 1.807) is 0 Å². The van der Waals surface area contributed by atoms with E-state index in [2.05, 4.69) is 404 Å². The van der Waals surface area contributed by atoms with Crippen LogP contribution in [0.4, 0.5) is 34.1 Å². The third-order valence-electron chi connectivity index (χ3n) is 21.8. The van der Waals surface area contributed by atoms with Gasteiger partial charge in [-0.25, -0.2) is 0 Å². The van der Waals surface area contributed by atoms with Crippen LogP contribution >= 0.6 is 0 Å². The van der Waals surface area contributed by atoms with Crippen molar-refractivity contribution in [2.24, 2.45) is 0 Å². The summed E-state index contributed by atoms with van der Waals surface area (Å²) in [5, 5.41) is 0. The number of fused-ring (bicyclic) bond motifs is 4. The maximum atomic E-state index is 9.91. The maximum absolute atomic E-state index is 9.91. The molecule has 2 aliphatic heterocycles. The van der Waals surface area contributed by atoms with Crippen molar-refractivity contribution in [3.63, 3.8) is 0 Å². The van der Waals surface area contributed by atoms with Gasteiger partial charge in [-0.1, -0.05) is 364 Å². The van der Waals surface area contributed by atoms with Crippen LogP contribution in [0.25, 0.3) is 77.9 Å². The second-order valence-corrected chi connectivity index (χ2v) is 36.7. The molecule has 0 amide bonds. The van der Waals surface area contributed by atoms with Gasteiger partial charge in [0.25, 0.3) is 6.71 Å². The second kappa shape index (κ2) is 25.6. The largest absolute Gasteiger partial charge is 0.310 e. The first-order chi connectivity index (χ1) is 48.9. The van der Waals surface area contributed by atoms with Gasteiger partial charge in [0, 0.05) is 45.0 Å². The van der Waals surface area contributed by atoms with E-state index in [1.165, 1.54) is 83.1 Å². The van der Waals surface area contributed by atoms with Crippen LogP contribution in [0.1, 0.15) is 186 Å². The number of anilines is 6. The molecule has 0 radical (unpaired) electrons. The van der Waals surface area contributed by atoms with E-state index in [0.717, 1.165) is 84.2 Å². The van der Waals surface area contributed by atoms with Crippen molar-refractivity contribution >= 4 is 57.2 Å². The molecule has 12 aromatic rings. The average molecular weight is 1350 g/mol. The van der Waals surface area contributed by atoms with Crippen molar-refractivity contribution in [2.45, 2.75) is 183 Å². The normalized spacial score (nSPS) is 13.6. The molecule has 518 valence electrons. The second-order valence-electron chi connectivity index (χ2n) is 36.7. The Morgan fingerprint density at radius 3 is 0.903 bits per heavy atom. The highest BCUT2D eigenvalue weighted by Crippen LogP contribution is 2.56. The number of hydrogen-bond acceptors (Lipinski definition) is 2. The third kappa shape index (κ3) is 13.4. The van der Waals surface area contributed by atoms with E-state index in [0.29, 0.717) is 6.04 Å². The first-order valence-corrected chi connectivity index (χ1v) is 37.5. The summed E-state index contributed by atoms with van der Waals surface area (Å²) in [7, 11) is 0. The third-order valence-corrected chi connectivity index (χ3v) is 21.8. The summed E-state index contributed by atoms with van der Waals surface area (Å²) in [6, 6.07) is 96.1. The fraction of sp³-hybridized carbons (Fsp3) is 0.280. The molecule has 12 aromatic carbocycles. The van der Waals surface area contributed by atoms with Gasteiger partial charge in [-0.05, 0) is 185 Å². The van der Waals surface area contributed by atoms with Crippen LogP contribution in [0.2, 0.25) is 0 Å². The molecule has 0 unspecified atom stereocenters. The van der Waals surface area contributed by atoms with Crippen molar-refractivity contribution < 1.29 is 1.37 Å². The summed E-state index contributed by atoms with van der Waals surface area (Å²) in [5.74, 6) is 0. The molecule has 103 heavy (non-hydrogen) atoms.